The molecule has 0 radical (unpaired) electrons. The van der Waals surface area contributed by atoms with E-state index in [0.717, 1.165) is 0 Å². The summed E-state index contributed by atoms with van der Waals surface area (Å²) in [4.78, 5) is 54.2. The fraction of sp³-hybridized carbons (Fsp3) is 0.222. The summed E-state index contributed by atoms with van der Waals surface area (Å²) in [6.45, 7) is 1.24. The Balaban J connectivity index is 1.37. The van der Waals surface area contributed by atoms with Crippen molar-refractivity contribution in [2.75, 3.05) is 40.4 Å². The van der Waals surface area contributed by atoms with Crippen molar-refractivity contribution in [3.63, 3.8) is 0 Å². The largest absolute Gasteiger partial charge is 0.494 e. The van der Waals surface area contributed by atoms with E-state index in [4.69, 9.17) is 9.47 Å². The number of benzene rings is 1. The molecule has 0 aliphatic carbocycles. The van der Waals surface area contributed by atoms with Gasteiger partial charge in [0.1, 0.15) is 5.75 Å². The Morgan fingerprint density at radius 2 is 1.59 bits per heavy atom. The van der Waals surface area contributed by atoms with E-state index in [0.29, 0.717) is 52.4 Å². The number of amides is 2. The first-order valence-electron chi connectivity index (χ1n) is 11.7. The van der Waals surface area contributed by atoms with E-state index >= 15 is 0 Å². The highest BCUT2D eigenvalue weighted by atomic mass is 16.5. The monoisotopic (exact) mass is 499 g/mol. The van der Waals surface area contributed by atoms with Gasteiger partial charge in [0.05, 0.1) is 42.6 Å². The first kappa shape index (κ1) is 24.0. The van der Waals surface area contributed by atoms with Crippen molar-refractivity contribution in [2.24, 2.45) is 0 Å². The lowest BCUT2D eigenvalue weighted by Crippen LogP contribution is -2.52. The Morgan fingerprint density at radius 3 is 2.24 bits per heavy atom. The van der Waals surface area contributed by atoms with E-state index in [1.165, 1.54) is 31.5 Å². The number of methoxy groups -OCH3 is 2. The molecule has 37 heavy (non-hydrogen) atoms. The Morgan fingerprint density at radius 1 is 0.865 bits per heavy atom. The summed E-state index contributed by atoms with van der Waals surface area (Å²) >= 11 is 0. The van der Waals surface area contributed by atoms with Crippen molar-refractivity contribution < 1.29 is 23.9 Å². The van der Waals surface area contributed by atoms with Crippen molar-refractivity contribution in [3.05, 3.63) is 72.2 Å². The Bertz CT molecular complexity index is 1460. The number of pyridine rings is 2. The minimum Gasteiger partial charge on any atom is -0.494 e. The predicted octanol–water partition coefficient (Wildman–Crippen LogP) is 2.81. The molecule has 0 unspecified atom stereocenters. The topological polar surface area (TPSA) is 118 Å². The molecule has 4 heterocycles. The van der Waals surface area contributed by atoms with Crippen LogP contribution in [0.4, 0.5) is 0 Å². The van der Waals surface area contributed by atoms with E-state index in [9.17, 15) is 14.4 Å². The van der Waals surface area contributed by atoms with Gasteiger partial charge in [0.25, 0.3) is 17.6 Å². The van der Waals surface area contributed by atoms with Crippen LogP contribution < -0.4 is 9.47 Å². The maximum Gasteiger partial charge on any atom is 0.295 e. The maximum absolute atomic E-state index is 13.4. The van der Waals surface area contributed by atoms with Crippen LogP contribution in [0.2, 0.25) is 0 Å². The SMILES string of the molecule is COc1ccc(-c2ncc(OC)c3c(C(=O)C(=O)N4CCN(C(=O)c5ccccc5)CC4)c[nH]c23)cn1. The minimum atomic E-state index is -0.655. The third-order valence-electron chi connectivity index (χ3n) is 6.43. The number of carbonyl (C=O) groups excluding carboxylic acids is 3. The second-order valence-corrected chi connectivity index (χ2v) is 8.50. The normalized spacial score (nSPS) is 13.5. The molecular weight excluding hydrogens is 474 g/mol. The number of ether oxygens (including phenoxy) is 2. The molecule has 10 nitrogen and oxygen atoms in total. The van der Waals surface area contributed by atoms with E-state index < -0.39 is 11.7 Å². The van der Waals surface area contributed by atoms with Gasteiger partial charge in [-0.2, -0.15) is 0 Å². The molecule has 1 saturated heterocycles. The number of rotatable bonds is 6. The summed E-state index contributed by atoms with van der Waals surface area (Å²) in [5, 5.41) is 0.472. The van der Waals surface area contributed by atoms with Crippen molar-refractivity contribution >= 4 is 28.5 Å². The summed E-state index contributed by atoms with van der Waals surface area (Å²) in [5.74, 6) is -0.534. The van der Waals surface area contributed by atoms with Crippen LogP contribution >= 0.6 is 0 Å². The number of fused-ring (bicyclic) bond motifs is 1. The summed E-state index contributed by atoms with van der Waals surface area (Å²) in [7, 11) is 3.02. The highest BCUT2D eigenvalue weighted by Gasteiger charge is 2.31. The zero-order chi connectivity index (χ0) is 25.9. The van der Waals surface area contributed by atoms with E-state index in [1.54, 1.807) is 29.3 Å². The lowest BCUT2D eigenvalue weighted by molar-refractivity contribution is -0.127. The van der Waals surface area contributed by atoms with Gasteiger partial charge in [-0.3, -0.25) is 19.4 Å². The van der Waals surface area contributed by atoms with E-state index in [1.807, 2.05) is 24.3 Å². The first-order valence-corrected chi connectivity index (χ1v) is 11.7. The van der Waals surface area contributed by atoms with Crippen molar-refractivity contribution in [1.29, 1.82) is 0 Å². The number of nitrogens with zero attached hydrogens (tertiary/aromatic N) is 4. The second kappa shape index (κ2) is 10.1. The number of Topliss-reactive ketones (excluding diaryl/α,β-unsaturated/α-hetero) is 1. The van der Waals surface area contributed by atoms with Crippen molar-refractivity contribution in [2.45, 2.75) is 0 Å². The number of aromatic nitrogens is 3. The summed E-state index contributed by atoms with van der Waals surface area (Å²) < 4.78 is 10.6. The molecular formula is C27H25N5O5. The van der Waals surface area contributed by atoms with Gasteiger partial charge in [-0.05, 0) is 18.2 Å². The van der Waals surface area contributed by atoms with E-state index in [-0.39, 0.29) is 24.6 Å². The van der Waals surface area contributed by atoms with Crippen LogP contribution in [0, 0.1) is 0 Å². The van der Waals surface area contributed by atoms with Crippen LogP contribution in [0.15, 0.2) is 61.1 Å². The smallest absolute Gasteiger partial charge is 0.295 e. The summed E-state index contributed by atoms with van der Waals surface area (Å²) in [5.41, 5.74) is 2.62. The maximum atomic E-state index is 13.4. The number of hydrogen-bond donors (Lipinski definition) is 1. The Labute approximate surface area is 212 Å². The number of hydrogen-bond acceptors (Lipinski definition) is 7. The van der Waals surface area contributed by atoms with Gasteiger partial charge in [-0.1, -0.05) is 18.2 Å². The number of carbonyl (C=O) groups is 3. The second-order valence-electron chi connectivity index (χ2n) is 8.50. The lowest BCUT2D eigenvalue weighted by Gasteiger charge is -2.34. The van der Waals surface area contributed by atoms with Crippen LogP contribution in [0.25, 0.3) is 22.2 Å². The van der Waals surface area contributed by atoms with Crippen LogP contribution in [0.3, 0.4) is 0 Å². The van der Waals surface area contributed by atoms with Crippen LogP contribution in [0.1, 0.15) is 20.7 Å². The van der Waals surface area contributed by atoms with Crippen LogP contribution in [-0.2, 0) is 4.79 Å². The summed E-state index contributed by atoms with van der Waals surface area (Å²) in [6.07, 6.45) is 4.65. The van der Waals surface area contributed by atoms with Gasteiger partial charge in [0.15, 0.2) is 0 Å². The molecule has 1 N–H and O–H groups in total. The quantitative estimate of drug-likeness (QED) is 0.320. The van der Waals surface area contributed by atoms with Crippen molar-refractivity contribution in [1.82, 2.24) is 24.8 Å². The van der Waals surface area contributed by atoms with Gasteiger partial charge in [0.2, 0.25) is 5.88 Å². The molecule has 4 aromatic rings. The van der Waals surface area contributed by atoms with Gasteiger partial charge >= 0.3 is 0 Å². The van der Waals surface area contributed by atoms with Crippen molar-refractivity contribution in [3.8, 4) is 22.9 Å². The molecule has 1 aliphatic rings. The molecule has 0 bridgehead atoms. The fourth-order valence-electron chi connectivity index (χ4n) is 4.45. The molecule has 10 heteroatoms. The van der Waals surface area contributed by atoms with Gasteiger partial charge in [-0.25, -0.2) is 4.98 Å². The molecule has 0 spiro atoms. The Kier molecular flexibility index (Phi) is 6.55. The first-order chi connectivity index (χ1) is 18.0. The molecule has 0 saturated carbocycles. The van der Waals surface area contributed by atoms with Gasteiger partial charge in [-0.15, -0.1) is 0 Å². The standard InChI is InChI=1S/C27H25N5O5/c1-36-20-16-30-23(18-8-9-21(37-2)28-14-18)24-22(20)19(15-29-24)25(33)27(35)32-12-10-31(11-13-32)26(34)17-6-4-3-5-7-17/h3-9,14-16,29H,10-13H2,1-2H3. The predicted molar refractivity (Wildman–Crippen MR) is 136 cm³/mol. The number of ketones is 1. The molecule has 3 aromatic heterocycles. The number of aromatic amines is 1. The third kappa shape index (κ3) is 4.49. The number of piperazine rings is 1. The van der Waals surface area contributed by atoms with Gasteiger partial charge in [0, 0.05) is 55.8 Å². The summed E-state index contributed by atoms with van der Waals surface area (Å²) in [6, 6.07) is 12.5. The minimum absolute atomic E-state index is 0.0894. The van der Waals surface area contributed by atoms with Crippen LogP contribution in [-0.4, -0.2) is 82.7 Å². The molecule has 1 fully saturated rings. The number of H-pyrrole nitrogens is 1. The molecule has 5 rings (SSSR count). The highest BCUT2D eigenvalue weighted by Crippen LogP contribution is 2.35. The molecule has 1 aromatic carbocycles. The lowest BCUT2D eigenvalue weighted by atomic mass is 10.1. The average Bonchev–Trinajstić information content (AvgIpc) is 3.41. The molecule has 1 aliphatic heterocycles. The van der Waals surface area contributed by atoms with Gasteiger partial charge < -0.3 is 24.3 Å². The molecule has 188 valence electrons. The molecule has 0 atom stereocenters. The third-order valence-corrected chi connectivity index (χ3v) is 6.43. The Hall–Kier alpha value is -4.73. The zero-order valence-electron chi connectivity index (χ0n) is 20.4. The average molecular weight is 500 g/mol. The van der Waals surface area contributed by atoms with E-state index in [2.05, 4.69) is 15.0 Å². The zero-order valence-corrected chi connectivity index (χ0v) is 20.4. The highest BCUT2D eigenvalue weighted by molar-refractivity contribution is 6.45. The molecule has 2 amide bonds. The van der Waals surface area contributed by atoms with Crippen LogP contribution in [0.5, 0.6) is 11.6 Å². The fourth-order valence-corrected chi connectivity index (χ4v) is 4.45. The number of nitrogens with one attached hydrogen (secondary N) is 1.